The van der Waals surface area contributed by atoms with E-state index in [9.17, 15) is 0 Å². The van der Waals surface area contributed by atoms with Gasteiger partial charge in [0.2, 0.25) is 0 Å². The molecule has 0 aromatic rings. The molecule has 540 valence electrons. The summed E-state index contributed by atoms with van der Waals surface area (Å²) in [6.45, 7) is 59.1. The molecule has 0 saturated carbocycles. The molecular weight excluding hydrogens is 1430 g/mol. The molecule has 0 saturated heterocycles. The largest absolute Gasteiger partial charge is 6.00 e. The quantitative estimate of drug-likeness (QED) is 0.0328. The second-order valence-corrected chi connectivity index (χ2v) is 32.8. The topological polar surface area (TPSA) is 19.4 Å². The molecule has 0 aliphatic carbocycles. The molecule has 19 heteroatoms. The first-order chi connectivity index (χ1) is 42.1. The van der Waals surface area contributed by atoms with Crippen LogP contribution in [0.2, 0.25) is 0 Å². The second kappa shape index (κ2) is 69.8. The normalized spacial score (nSPS) is 12.7. The summed E-state index contributed by atoms with van der Waals surface area (Å²) in [7, 11) is 0. The molecule has 6 nitrogen and oxygen atoms in total. The fourth-order valence-electron chi connectivity index (χ4n) is 10.1. The summed E-state index contributed by atoms with van der Waals surface area (Å²) in [5.74, 6) is 4.46. The summed E-state index contributed by atoms with van der Waals surface area (Å²) in [4.78, 5) is 13.1. The van der Waals surface area contributed by atoms with E-state index in [1.807, 2.05) is 0 Å². The van der Waals surface area contributed by atoms with Crippen LogP contribution in [0.3, 0.4) is 0 Å². The van der Waals surface area contributed by atoms with E-state index < -0.39 is 0 Å². The van der Waals surface area contributed by atoms with Crippen molar-refractivity contribution in [3.05, 3.63) is 0 Å². The van der Waals surface area contributed by atoms with Crippen LogP contribution in [-0.2, 0) is 96.8 Å². The SMILES string of the molecule is CCCCC(CC)CN(C(=S)[S-])C(C)C.CCCCC(CC)CN(C(=S)[S-])C(C)C.CCCCC(CC)CN(C(=S)[S-])C(C)C.CCCCC(CC)CN(C(=S)[S-])C(C)C.CCCCC(CC)CN(C(=S)[S-])C(C)C.CCCCC(CC)CN(C(=S)[S-])C(C)C.[Mo+6]. The maximum atomic E-state index is 5.11. The summed E-state index contributed by atoms with van der Waals surface area (Å²) in [6, 6.07) is 2.61. The summed E-state index contributed by atoms with van der Waals surface area (Å²) < 4.78 is 3.75. The minimum absolute atomic E-state index is 0. The van der Waals surface area contributed by atoms with Crippen LogP contribution in [0.5, 0.6) is 0 Å². The number of unbranched alkanes of at least 4 members (excludes halogenated alkanes) is 6. The van der Waals surface area contributed by atoms with Gasteiger partial charge in [-0.05, 0) is 157 Å². The maximum Gasteiger partial charge on any atom is 6.00 e. The molecule has 0 rings (SSSR count). The average molecular weight is 1570 g/mol. The number of nitrogens with zero attached hydrogens (tertiary/aromatic N) is 6. The van der Waals surface area contributed by atoms with Crippen LogP contribution in [0.25, 0.3) is 0 Å². The third kappa shape index (κ3) is 61.0. The van der Waals surface area contributed by atoms with E-state index in [0.29, 0.717) is 62.2 Å². The number of rotatable bonds is 42. The van der Waals surface area contributed by atoms with Gasteiger partial charge in [0, 0.05) is 75.5 Å². The molecule has 6 unspecified atom stereocenters. The molecule has 0 radical (unpaired) electrons. The molecule has 0 aliphatic rings. The Balaban J connectivity index is -0.000000186. The van der Waals surface area contributed by atoms with Crippen LogP contribution in [0.1, 0.15) is 320 Å². The van der Waals surface area contributed by atoms with Gasteiger partial charge in [-0.1, -0.05) is 225 Å². The molecule has 0 bridgehead atoms. The first-order valence-corrected chi connectivity index (χ1v) is 40.9. The summed E-state index contributed by atoms with van der Waals surface area (Å²) in [6.07, 6.45) is 30.7. The van der Waals surface area contributed by atoms with Crippen molar-refractivity contribution in [1.29, 1.82) is 0 Å². The smallest absolute Gasteiger partial charge is 0.411 e. The fraction of sp³-hybridized carbons (Fsp3) is 0.917. The standard InChI is InChI=1S/6C12H25NS2.Mo/c6*1-5-7-8-11(6-2)9-13(10(3)4)12(14)15;/h6*10-11H,5-9H2,1-4H3,(H,14,15);/q;;;;;;+6/p-6. The van der Waals surface area contributed by atoms with Crippen molar-refractivity contribution in [2.45, 2.75) is 357 Å². The summed E-state index contributed by atoms with van der Waals surface area (Å²) in [5.41, 5.74) is 0. The first-order valence-electron chi connectivity index (χ1n) is 36.0. The molecule has 6 atom stereocenters. The predicted octanol–water partition coefficient (Wildman–Crippen LogP) is 22.5. The van der Waals surface area contributed by atoms with E-state index >= 15 is 0 Å². The summed E-state index contributed by atoms with van der Waals surface area (Å²) in [5, 5.41) is 0. The van der Waals surface area contributed by atoms with Crippen molar-refractivity contribution in [1.82, 2.24) is 29.4 Å². The number of hydrogen-bond donors (Lipinski definition) is 0. The molecule has 0 aromatic heterocycles. The molecule has 0 aromatic carbocycles. The van der Waals surface area contributed by atoms with Gasteiger partial charge in [-0.25, -0.2) is 0 Å². The Morgan fingerprint density at radius 1 is 0.231 bits per heavy atom. The Morgan fingerprint density at radius 3 is 0.385 bits per heavy atom. The van der Waals surface area contributed by atoms with Gasteiger partial charge in [0.05, 0.1) is 0 Å². The Bertz CT molecular complexity index is 1400. The average Bonchev–Trinajstić information content (AvgIpc) is 3.68. The third-order valence-electron chi connectivity index (χ3n) is 17.1. The van der Waals surface area contributed by atoms with Crippen LogP contribution in [0.4, 0.5) is 0 Å². The molecule has 0 amide bonds. The van der Waals surface area contributed by atoms with Gasteiger partial charge in [-0.2, -0.15) is 0 Å². The molecule has 0 spiro atoms. The number of thiocarbonyl (C=S) groups is 6. The van der Waals surface area contributed by atoms with Crippen molar-refractivity contribution < 1.29 is 21.1 Å². The Hall–Kier alpha value is 1.35. The van der Waals surface area contributed by atoms with Crippen LogP contribution in [-0.4, -0.2) is 131 Å². The van der Waals surface area contributed by atoms with Crippen LogP contribution >= 0.6 is 73.3 Å². The molecule has 0 heterocycles. The van der Waals surface area contributed by atoms with Gasteiger partial charge >= 0.3 is 21.1 Å². The van der Waals surface area contributed by atoms with E-state index in [-0.39, 0.29) is 21.1 Å². The van der Waals surface area contributed by atoms with Crippen molar-refractivity contribution in [3.63, 3.8) is 0 Å². The zero-order valence-corrected chi connectivity index (χ0v) is 74.9. The molecule has 91 heavy (non-hydrogen) atoms. The van der Waals surface area contributed by atoms with Crippen LogP contribution in [0, 0.1) is 35.5 Å². The van der Waals surface area contributed by atoms with Gasteiger partial charge in [-0.3, -0.25) is 0 Å². The van der Waals surface area contributed by atoms with Gasteiger partial charge in [-0.15, -0.1) is 0 Å². The van der Waals surface area contributed by atoms with Crippen molar-refractivity contribution in [3.8, 4) is 0 Å². The number of hydrogen-bond acceptors (Lipinski definition) is 12. The fourth-order valence-corrected chi connectivity index (χ4v) is 13.6. The Kier molecular flexibility index (Phi) is 81.2. The van der Waals surface area contributed by atoms with E-state index in [4.69, 9.17) is 149 Å². The Morgan fingerprint density at radius 2 is 0.330 bits per heavy atom. The maximum absolute atomic E-state index is 5.11. The van der Waals surface area contributed by atoms with Crippen molar-refractivity contribution >= 4 is 175 Å². The molecule has 0 aliphatic heterocycles. The monoisotopic (exact) mass is 1570 g/mol. The first kappa shape index (κ1) is 106. The van der Waals surface area contributed by atoms with Crippen LogP contribution in [0.15, 0.2) is 0 Å². The van der Waals surface area contributed by atoms with E-state index in [1.165, 1.54) is 154 Å². The van der Waals surface area contributed by atoms with E-state index in [0.717, 1.165) is 74.8 Å². The van der Waals surface area contributed by atoms with Gasteiger partial charge in [0.25, 0.3) is 0 Å². The van der Waals surface area contributed by atoms with E-state index in [1.54, 1.807) is 0 Å². The summed E-state index contributed by atoms with van der Waals surface area (Å²) >= 11 is 61.4. The Labute approximate surface area is 650 Å². The van der Waals surface area contributed by atoms with Gasteiger partial charge in [0.15, 0.2) is 0 Å². The third-order valence-corrected chi connectivity index (χ3v) is 20.0. The van der Waals surface area contributed by atoms with Crippen LogP contribution < -0.4 is 0 Å². The second-order valence-electron chi connectivity index (χ2n) is 26.6. The molecular formula is C72H144MoN6S12. The zero-order chi connectivity index (χ0) is 71.1. The van der Waals surface area contributed by atoms with Gasteiger partial charge < -0.3 is 178 Å². The zero-order valence-electron chi connectivity index (χ0n) is 63.1. The predicted molar refractivity (Wildman–Crippen MR) is 451 cm³/mol. The van der Waals surface area contributed by atoms with E-state index in [2.05, 4.69) is 196 Å². The minimum Gasteiger partial charge on any atom is -0.411 e. The van der Waals surface area contributed by atoms with Crippen molar-refractivity contribution in [2.24, 2.45) is 35.5 Å². The minimum atomic E-state index is 0. The molecule has 0 N–H and O–H groups in total. The van der Waals surface area contributed by atoms with Crippen molar-refractivity contribution in [2.75, 3.05) is 39.3 Å². The molecule has 0 fully saturated rings. The van der Waals surface area contributed by atoms with Gasteiger partial charge in [0.1, 0.15) is 0 Å².